The third kappa shape index (κ3) is 3.49. The number of carbonyl (C=O) groups excluding carboxylic acids is 1. The fraction of sp³-hybridized carbons (Fsp3) is 0.375. The van der Waals surface area contributed by atoms with Gasteiger partial charge in [0.25, 0.3) is 0 Å². The van der Waals surface area contributed by atoms with Crippen LogP contribution in [0.4, 0.5) is 5.82 Å². The first-order chi connectivity index (χ1) is 9.81. The van der Waals surface area contributed by atoms with Gasteiger partial charge >= 0.3 is 0 Å². The van der Waals surface area contributed by atoms with E-state index in [1.54, 1.807) is 4.68 Å². The normalized spacial score (nSPS) is 11.5. The summed E-state index contributed by atoms with van der Waals surface area (Å²) in [6.07, 6.45) is 0. The van der Waals surface area contributed by atoms with E-state index in [1.165, 1.54) is 5.56 Å². The van der Waals surface area contributed by atoms with Crippen molar-refractivity contribution in [3.63, 3.8) is 0 Å². The maximum absolute atomic E-state index is 11.6. The van der Waals surface area contributed by atoms with Gasteiger partial charge in [-0.15, -0.1) is 0 Å². The zero-order chi connectivity index (χ0) is 15.6. The fourth-order valence-corrected chi connectivity index (χ4v) is 1.91. The molecule has 5 heteroatoms. The lowest BCUT2D eigenvalue weighted by Gasteiger charge is -2.14. The van der Waals surface area contributed by atoms with Crippen molar-refractivity contribution >= 4 is 11.7 Å². The van der Waals surface area contributed by atoms with Crippen molar-refractivity contribution in [3.8, 4) is 5.69 Å². The van der Waals surface area contributed by atoms with Gasteiger partial charge < -0.3 is 11.1 Å². The van der Waals surface area contributed by atoms with Crippen LogP contribution in [-0.2, 0) is 10.2 Å². The summed E-state index contributed by atoms with van der Waals surface area (Å²) in [5.74, 6) is 0.406. The minimum atomic E-state index is -0.233. The molecule has 0 atom stereocenters. The molecule has 0 saturated carbocycles. The third-order valence-corrected chi connectivity index (χ3v) is 3.21. The number of anilines is 1. The Kier molecular flexibility index (Phi) is 4.14. The van der Waals surface area contributed by atoms with Crippen LogP contribution >= 0.6 is 0 Å². The molecule has 3 N–H and O–H groups in total. The number of rotatable bonds is 3. The Balaban J connectivity index is 2.49. The van der Waals surface area contributed by atoms with Gasteiger partial charge in [-0.1, -0.05) is 38.5 Å². The Hall–Kier alpha value is -2.14. The fourth-order valence-electron chi connectivity index (χ4n) is 1.91. The molecule has 21 heavy (non-hydrogen) atoms. The molecule has 1 aromatic carbocycles. The average Bonchev–Trinajstić information content (AvgIpc) is 2.83. The first-order valence-electron chi connectivity index (χ1n) is 6.99. The first kappa shape index (κ1) is 15.3. The van der Waals surface area contributed by atoms with E-state index in [0.29, 0.717) is 5.82 Å². The van der Waals surface area contributed by atoms with E-state index < -0.39 is 0 Å². The van der Waals surface area contributed by atoms with E-state index in [1.807, 2.05) is 37.3 Å². The maximum atomic E-state index is 11.6. The number of aryl methyl sites for hydroxylation is 1. The highest BCUT2D eigenvalue weighted by Crippen LogP contribution is 2.26. The maximum Gasteiger partial charge on any atom is 0.239 e. The Morgan fingerprint density at radius 3 is 2.43 bits per heavy atom. The smallest absolute Gasteiger partial charge is 0.239 e. The van der Waals surface area contributed by atoms with Crippen LogP contribution in [0.3, 0.4) is 0 Å². The Morgan fingerprint density at radius 1 is 1.29 bits per heavy atom. The summed E-state index contributed by atoms with van der Waals surface area (Å²) >= 11 is 0. The molecule has 0 fully saturated rings. The van der Waals surface area contributed by atoms with Gasteiger partial charge in [-0.2, -0.15) is 5.10 Å². The molecule has 5 nitrogen and oxygen atoms in total. The van der Waals surface area contributed by atoms with Gasteiger partial charge in [0.1, 0.15) is 5.82 Å². The van der Waals surface area contributed by atoms with E-state index in [9.17, 15) is 4.79 Å². The Labute approximate surface area is 125 Å². The van der Waals surface area contributed by atoms with Crippen molar-refractivity contribution < 1.29 is 4.79 Å². The molecule has 0 aliphatic rings. The molecular weight excluding hydrogens is 264 g/mol. The molecule has 1 heterocycles. The van der Waals surface area contributed by atoms with Crippen LogP contribution in [0.25, 0.3) is 5.69 Å². The number of amides is 1. The SMILES string of the molecule is Cc1ccc(-n2nc(C(C)(C)C)cc2NC(=O)CN)cc1. The van der Waals surface area contributed by atoms with Crippen LogP contribution in [0, 0.1) is 6.92 Å². The second-order valence-corrected chi connectivity index (χ2v) is 6.16. The highest BCUT2D eigenvalue weighted by atomic mass is 16.1. The van der Waals surface area contributed by atoms with Gasteiger partial charge in [-0.05, 0) is 19.1 Å². The van der Waals surface area contributed by atoms with E-state index in [0.717, 1.165) is 11.4 Å². The van der Waals surface area contributed by atoms with Crippen LogP contribution in [0.1, 0.15) is 32.0 Å². The zero-order valence-corrected chi connectivity index (χ0v) is 13.0. The molecule has 0 bridgehead atoms. The van der Waals surface area contributed by atoms with Crippen molar-refractivity contribution in [1.82, 2.24) is 9.78 Å². The molecule has 0 saturated heterocycles. The van der Waals surface area contributed by atoms with Crippen molar-refractivity contribution in [2.75, 3.05) is 11.9 Å². The number of nitrogens with one attached hydrogen (secondary N) is 1. The standard InChI is InChI=1S/C16H22N4O/c1-11-5-7-12(8-6-11)20-14(18-15(21)10-17)9-13(19-20)16(2,3)4/h5-9H,10,17H2,1-4H3,(H,18,21). The monoisotopic (exact) mass is 286 g/mol. The van der Waals surface area contributed by atoms with Crippen LogP contribution in [0.2, 0.25) is 0 Å². The van der Waals surface area contributed by atoms with Gasteiger partial charge in [0.05, 0.1) is 17.9 Å². The van der Waals surface area contributed by atoms with Crippen LogP contribution in [0.15, 0.2) is 30.3 Å². The molecule has 1 aromatic heterocycles. The van der Waals surface area contributed by atoms with Gasteiger partial charge in [-0.25, -0.2) is 4.68 Å². The lowest BCUT2D eigenvalue weighted by Crippen LogP contribution is -2.23. The number of benzene rings is 1. The van der Waals surface area contributed by atoms with Gasteiger partial charge in [-0.3, -0.25) is 4.79 Å². The van der Waals surface area contributed by atoms with Crippen molar-refractivity contribution in [1.29, 1.82) is 0 Å². The predicted octanol–water partition coefficient (Wildman–Crippen LogP) is 2.38. The quantitative estimate of drug-likeness (QED) is 0.910. The van der Waals surface area contributed by atoms with Crippen LogP contribution in [0.5, 0.6) is 0 Å². The van der Waals surface area contributed by atoms with Crippen LogP contribution < -0.4 is 11.1 Å². The van der Waals surface area contributed by atoms with Crippen molar-refractivity contribution in [2.24, 2.45) is 5.73 Å². The highest BCUT2D eigenvalue weighted by molar-refractivity contribution is 5.91. The molecule has 1 amide bonds. The molecular formula is C16H22N4O. The summed E-state index contributed by atoms with van der Waals surface area (Å²) in [5, 5.41) is 7.43. The number of hydrogen-bond acceptors (Lipinski definition) is 3. The topological polar surface area (TPSA) is 72.9 Å². The lowest BCUT2D eigenvalue weighted by molar-refractivity contribution is -0.114. The van der Waals surface area contributed by atoms with Gasteiger partial charge in [0.2, 0.25) is 5.91 Å². The lowest BCUT2D eigenvalue weighted by atomic mass is 9.92. The Morgan fingerprint density at radius 2 is 1.90 bits per heavy atom. The van der Waals surface area contributed by atoms with Crippen molar-refractivity contribution in [3.05, 3.63) is 41.6 Å². The van der Waals surface area contributed by atoms with Gasteiger partial charge in [0.15, 0.2) is 0 Å². The zero-order valence-electron chi connectivity index (χ0n) is 13.0. The minimum absolute atomic E-state index is 0.0517. The summed E-state index contributed by atoms with van der Waals surface area (Å²) in [7, 11) is 0. The summed E-state index contributed by atoms with van der Waals surface area (Å²) in [6, 6.07) is 9.89. The molecule has 112 valence electrons. The second-order valence-electron chi connectivity index (χ2n) is 6.16. The number of nitrogens with zero attached hydrogens (tertiary/aromatic N) is 2. The molecule has 2 aromatic rings. The molecule has 2 rings (SSSR count). The molecule has 0 aliphatic heterocycles. The van der Waals surface area contributed by atoms with E-state index in [-0.39, 0.29) is 17.9 Å². The van der Waals surface area contributed by atoms with Crippen LogP contribution in [-0.4, -0.2) is 22.2 Å². The minimum Gasteiger partial charge on any atom is -0.322 e. The average molecular weight is 286 g/mol. The van der Waals surface area contributed by atoms with E-state index >= 15 is 0 Å². The number of hydrogen-bond donors (Lipinski definition) is 2. The summed E-state index contributed by atoms with van der Waals surface area (Å²) in [4.78, 5) is 11.6. The summed E-state index contributed by atoms with van der Waals surface area (Å²) < 4.78 is 1.74. The summed E-state index contributed by atoms with van der Waals surface area (Å²) in [6.45, 7) is 8.24. The van der Waals surface area contributed by atoms with E-state index in [4.69, 9.17) is 5.73 Å². The second kappa shape index (κ2) is 5.69. The molecule has 0 aliphatic carbocycles. The molecule has 0 spiro atoms. The molecule has 0 radical (unpaired) electrons. The highest BCUT2D eigenvalue weighted by Gasteiger charge is 2.21. The van der Waals surface area contributed by atoms with Crippen molar-refractivity contribution in [2.45, 2.75) is 33.1 Å². The molecule has 0 unspecified atom stereocenters. The predicted molar refractivity (Wildman–Crippen MR) is 84.7 cm³/mol. The Bertz CT molecular complexity index is 635. The number of aromatic nitrogens is 2. The van der Waals surface area contributed by atoms with Gasteiger partial charge in [0, 0.05) is 11.5 Å². The third-order valence-electron chi connectivity index (χ3n) is 3.21. The summed E-state index contributed by atoms with van der Waals surface area (Å²) in [5.41, 5.74) is 8.27. The first-order valence-corrected chi connectivity index (χ1v) is 6.99. The number of carbonyl (C=O) groups is 1. The number of nitrogens with two attached hydrogens (primary N) is 1. The van der Waals surface area contributed by atoms with E-state index in [2.05, 4.69) is 31.2 Å². The largest absolute Gasteiger partial charge is 0.322 e.